The van der Waals surface area contributed by atoms with Gasteiger partial charge in [0.2, 0.25) is 0 Å². The van der Waals surface area contributed by atoms with Gasteiger partial charge in [0.1, 0.15) is 16.9 Å². The summed E-state index contributed by atoms with van der Waals surface area (Å²) in [5.74, 6) is 0.187. The van der Waals surface area contributed by atoms with E-state index in [2.05, 4.69) is 5.32 Å². The lowest BCUT2D eigenvalue weighted by molar-refractivity contribution is 0.0916. The molecule has 0 radical (unpaired) electrons. The van der Waals surface area contributed by atoms with Crippen LogP contribution < -0.4 is 15.7 Å². The average molecular weight is 289 g/mol. The Labute approximate surface area is 122 Å². The predicted octanol–water partition coefficient (Wildman–Crippen LogP) is 2.72. The Morgan fingerprint density at radius 3 is 2.62 bits per heavy atom. The van der Waals surface area contributed by atoms with Crippen molar-refractivity contribution in [3.63, 3.8) is 0 Å². The Bertz CT molecular complexity index is 725. The minimum absolute atomic E-state index is 0.00147. The molecule has 1 heterocycles. The Hall–Kier alpha value is -2.30. The molecule has 0 fully saturated rings. The van der Waals surface area contributed by atoms with E-state index in [1.54, 1.807) is 18.2 Å². The van der Waals surface area contributed by atoms with Crippen LogP contribution in [0.1, 0.15) is 38.1 Å². The van der Waals surface area contributed by atoms with Gasteiger partial charge in [-0.05, 0) is 45.9 Å². The molecule has 0 saturated carbocycles. The maximum absolute atomic E-state index is 12.1. The van der Waals surface area contributed by atoms with Crippen LogP contribution >= 0.6 is 0 Å². The quantitative estimate of drug-likeness (QED) is 0.882. The molecule has 0 aliphatic heterocycles. The van der Waals surface area contributed by atoms with E-state index in [1.165, 1.54) is 6.07 Å². The standard InChI is InChI=1S/C16H19NO4/c1-5-20-11-7-6-10-8-12(14(18)17-16(2,3)4)15(19)21-13(10)9-11/h6-9H,5H2,1-4H3,(H,17,18). The summed E-state index contributed by atoms with van der Waals surface area (Å²) < 4.78 is 10.6. The molecule has 5 heteroatoms. The molecule has 2 rings (SSSR count). The molecule has 1 aromatic heterocycles. The van der Waals surface area contributed by atoms with Gasteiger partial charge < -0.3 is 14.5 Å². The van der Waals surface area contributed by atoms with Crippen molar-refractivity contribution in [2.75, 3.05) is 6.61 Å². The van der Waals surface area contributed by atoms with Crippen LogP contribution in [0.2, 0.25) is 0 Å². The van der Waals surface area contributed by atoms with E-state index in [-0.39, 0.29) is 5.56 Å². The molecule has 5 nitrogen and oxygen atoms in total. The van der Waals surface area contributed by atoms with Gasteiger partial charge in [-0.25, -0.2) is 4.79 Å². The molecule has 21 heavy (non-hydrogen) atoms. The minimum Gasteiger partial charge on any atom is -0.494 e. The highest BCUT2D eigenvalue weighted by Gasteiger charge is 2.19. The molecule has 0 unspecified atom stereocenters. The molecular formula is C16H19NO4. The SMILES string of the molecule is CCOc1ccc2cc(C(=O)NC(C)(C)C)c(=O)oc2c1. The Morgan fingerprint density at radius 2 is 2.00 bits per heavy atom. The Kier molecular flexibility index (Phi) is 4.02. The predicted molar refractivity (Wildman–Crippen MR) is 80.9 cm³/mol. The Morgan fingerprint density at radius 1 is 1.29 bits per heavy atom. The van der Waals surface area contributed by atoms with Crippen LogP contribution in [0.15, 0.2) is 33.5 Å². The van der Waals surface area contributed by atoms with Gasteiger partial charge in [0.15, 0.2) is 0 Å². The molecule has 0 aliphatic rings. The third-order valence-corrected chi connectivity index (χ3v) is 2.75. The van der Waals surface area contributed by atoms with Crippen molar-refractivity contribution in [1.29, 1.82) is 0 Å². The number of hydrogen-bond donors (Lipinski definition) is 1. The normalized spacial score (nSPS) is 11.4. The summed E-state index contributed by atoms with van der Waals surface area (Å²) in [6.07, 6.45) is 0. The van der Waals surface area contributed by atoms with Crippen LogP contribution in [0.5, 0.6) is 5.75 Å². The fourth-order valence-corrected chi connectivity index (χ4v) is 1.91. The van der Waals surface area contributed by atoms with E-state index < -0.39 is 17.1 Å². The molecule has 0 bridgehead atoms. The summed E-state index contributed by atoms with van der Waals surface area (Å²) in [4.78, 5) is 24.1. The maximum Gasteiger partial charge on any atom is 0.349 e. The number of nitrogens with one attached hydrogen (secondary N) is 1. The van der Waals surface area contributed by atoms with Crippen LogP contribution in [0, 0.1) is 0 Å². The van der Waals surface area contributed by atoms with Crippen molar-refractivity contribution in [2.24, 2.45) is 0 Å². The molecule has 0 spiro atoms. The number of carbonyl (C=O) groups is 1. The Balaban J connectivity index is 2.44. The van der Waals surface area contributed by atoms with Crippen molar-refractivity contribution in [2.45, 2.75) is 33.2 Å². The second kappa shape index (κ2) is 5.60. The molecule has 2 aromatic rings. The maximum atomic E-state index is 12.1. The highest BCUT2D eigenvalue weighted by atomic mass is 16.5. The summed E-state index contributed by atoms with van der Waals surface area (Å²) in [5, 5.41) is 3.43. The molecule has 0 atom stereocenters. The first-order valence-corrected chi connectivity index (χ1v) is 6.83. The zero-order valence-electron chi connectivity index (χ0n) is 12.6. The lowest BCUT2D eigenvalue weighted by atomic mass is 10.1. The number of benzene rings is 1. The number of ether oxygens (including phenoxy) is 1. The van der Waals surface area contributed by atoms with E-state index >= 15 is 0 Å². The van der Waals surface area contributed by atoms with Gasteiger partial charge >= 0.3 is 5.63 Å². The summed E-state index contributed by atoms with van der Waals surface area (Å²) in [6, 6.07) is 6.72. The zero-order chi connectivity index (χ0) is 15.6. The number of carbonyl (C=O) groups excluding carboxylic acids is 1. The van der Waals surface area contributed by atoms with E-state index in [0.717, 1.165) is 0 Å². The van der Waals surface area contributed by atoms with Crippen LogP contribution in [-0.2, 0) is 0 Å². The topological polar surface area (TPSA) is 68.5 Å². The fraction of sp³-hybridized carbons (Fsp3) is 0.375. The average Bonchev–Trinajstić information content (AvgIpc) is 2.36. The fourth-order valence-electron chi connectivity index (χ4n) is 1.91. The number of fused-ring (bicyclic) bond motifs is 1. The van der Waals surface area contributed by atoms with Gasteiger partial charge in [-0.1, -0.05) is 0 Å². The monoisotopic (exact) mass is 289 g/mol. The van der Waals surface area contributed by atoms with E-state index in [9.17, 15) is 9.59 Å². The first kappa shape index (κ1) is 15.1. The number of rotatable bonds is 3. The second-order valence-corrected chi connectivity index (χ2v) is 5.78. The molecule has 0 aliphatic carbocycles. The third-order valence-electron chi connectivity index (χ3n) is 2.75. The van der Waals surface area contributed by atoms with E-state index in [1.807, 2.05) is 27.7 Å². The largest absolute Gasteiger partial charge is 0.494 e. The third kappa shape index (κ3) is 3.62. The van der Waals surface area contributed by atoms with Crippen molar-refractivity contribution < 1.29 is 13.9 Å². The van der Waals surface area contributed by atoms with Crippen LogP contribution in [-0.4, -0.2) is 18.1 Å². The van der Waals surface area contributed by atoms with E-state index in [4.69, 9.17) is 9.15 Å². The van der Waals surface area contributed by atoms with Gasteiger partial charge in [0.25, 0.3) is 5.91 Å². The minimum atomic E-state index is -0.655. The highest BCUT2D eigenvalue weighted by molar-refractivity contribution is 5.97. The van der Waals surface area contributed by atoms with Crippen LogP contribution in [0.4, 0.5) is 0 Å². The van der Waals surface area contributed by atoms with Crippen molar-refractivity contribution >= 4 is 16.9 Å². The van der Waals surface area contributed by atoms with Gasteiger partial charge in [-0.3, -0.25) is 4.79 Å². The van der Waals surface area contributed by atoms with Crippen molar-refractivity contribution in [3.05, 3.63) is 40.2 Å². The first-order chi connectivity index (χ1) is 9.80. The van der Waals surface area contributed by atoms with Crippen molar-refractivity contribution in [1.82, 2.24) is 5.32 Å². The highest BCUT2D eigenvalue weighted by Crippen LogP contribution is 2.20. The van der Waals surface area contributed by atoms with Crippen LogP contribution in [0.3, 0.4) is 0 Å². The molecular weight excluding hydrogens is 270 g/mol. The van der Waals surface area contributed by atoms with Crippen LogP contribution in [0.25, 0.3) is 11.0 Å². The summed E-state index contributed by atoms with van der Waals surface area (Å²) >= 11 is 0. The zero-order valence-corrected chi connectivity index (χ0v) is 12.6. The van der Waals surface area contributed by atoms with Gasteiger partial charge in [0.05, 0.1) is 6.61 Å². The molecule has 1 amide bonds. The summed E-state index contributed by atoms with van der Waals surface area (Å²) in [5.41, 5.74) is -0.671. The summed E-state index contributed by atoms with van der Waals surface area (Å²) in [7, 11) is 0. The molecule has 1 N–H and O–H groups in total. The summed E-state index contributed by atoms with van der Waals surface area (Å²) in [6.45, 7) is 7.95. The lowest BCUT2D eigenvalue weighted by Gasteiger charge is -2.20. The number of amides is 1. The molecule has 112 valence electrons. The van der Waals surface area contributed by atoms with Gasteiger partial charge in [-0.15, -0.1) is 0 Å². The molecule has 0 saturated heterocycles. The van der Waals surface area contributed by atoms with Crippen molar-refractivity contribution in [3.8, 4) is 5.75 Å². The first-order valence-electron chi connectivity index (χ1n) is 6.83. The lowest BCUT2D eigenvalue weighted by Crippen LogP contribution is -2.42. The number of hydrogen-bond acceptors (Lipinski definition) is 4. The van der Waals surface area contributed by atoms with E-state index in [0.29, 0.717) is 23.3 Å². The van der Waals surface area contributed by atoms with Gasteiger partial charge in [-0.2, -0.15) is 0 Å². The smallest absolute Gasteiger partial charge is 0.349 e. The van der Waals surface area contributed by atoms with Gasteiger partial charge in [0, 0.05) is 17.0 Å². The second-order valence-electron chi connectivity index (χ2n) is 5.78. The molecule has 1 aromatic carbocycles.